The molecule has 2 aromatic rings. The second-order valence-corrected chi connectivity index (χ2v) is 3.99. The molecule has 0 aliphatic carbocycles. The summed E-state index contributed by atoms with van der Waals surface area (Å²) in [6.07, 6.45) is 0. The Labute approximate surface area is 116 Å². The van der Waals surface area contributed by atoms with Crippen LogP contribution in [0.15, 0.2) is 42.5 Å². The van der Waals surface area contributed by atoms with Crippen LogP contribution in [0.3, 0.4) is 0 Å². The van der Waals surface area contributed by atoms with Gasteiger partial charge in [-0.1, -0.05) is 12.1 Å². The number of nitro benzene ring substituents is 3. The number of para-hydroxylation sites is 1. The molecule has 0 N–H and O–H groups in total. The van der Waals surface area contributed by atoms with Gasteiger partial charge < -0.3 is 0 Å². The van der Waals surface area contributed by atoms with Gasteiger partial charge in [-0.05, 0) is 17.7 Å². The van der Waals surface area contributed by atoms with E-state index in [4.69, 9.17) is 0 Å². The number of hydrogen-bond acceptors (Lipinski definition) is 6. The maximum absolute atomic E-state index is 11.0. The molecule has 0 spiro atoms. The van der Waals surface area contributed by atoms with E-state index < -0.39 is 26.1 Å². The van der Waals surface area contributed by atoms with Gasteiger partial charge in [0.2, 0.25) is 0 Å². The standard InChI is InChI=1S/C12H7N3O6/c16-13(17)10-4-2-1-3-9(10)8-5-6-11(14(18)19)12(7-8)15(20)21/h1-7H. The van der Waals surface area contributed by atoms with Crippen molar-refractivity contribution in [1.82, 2.24) is 0 Å². The highest BCUT2D eigenvalue weighted by Gasteiger charge is 2.26. The van der Waals surface area contributed by atoms with Crippen LogP contribution in [0, 0.1) is 30.3 Å². The van der Waals surface area contributed by atoms with Crippen molar-refractivity contribution in [3.63, 3.8) is 0 Å². The Bertz CT molecular complexity index is 758. The third kappa shape index (κ3) is 2.66. The lowest BCUT2D eigenvalue weighted by Gasteiger charge is -2.03. The van der Waals surface area contributed by atoms with E-state index in [0.717, 1.165) is 12.1 Å². The van der Waals surface area contributed by atoms with Gasteiger partial charge in [-0.2, -0.15) is 0 Å². The first-order valence-electron chi connectivity index (χ1n) is 5.58. The zero-order valence-corrected chi connectivity index (χ0v) is 10.3. The summed E-state index contributed by atoms with van der Waals surface area (Å²) in [4.78, 5) is 30.2. The molecule has 9 nitrogen and oxygen atoms in total. The van der Waals surface area contributed by atoms with Crippen LogP contribution in [0.1, 0.15) is 0 Å². The van der Waals surface area contributed by atoms with Gasteiger partial charge in [-0.25, -0.2) is 0 Å². The van der Waals surface area contributed by atoms with Gasteiger partial charge in [-0.15, -0.1) is 0 Å². The summed E-state index contributed by atoms with van der Waals surface area (Å²) in [5, 5.41) is 32.6. The molecule has 0 unspecified atom stereocenters. The van der Waals surface area contributed by atoms with Crippen molar-refractivity contribution in [3.05, 3.63) is 72.8 Å². The predicted octanol–water partition coefficient (Wildman–Crippen LogP) is 3.08. The summed E-state index contributed by atoms with van der Waals surface area (Å²) in [7, 11) is 0. The summed E-state index contributed by atoms with van der Waals surface area (Å²) >= 11 is 0. The molecule has 0 aliphatic rings. The Morgan fingerprint density at radius 3 is 1.81 bits per heavy atom. The summed E-state index contributed by atoms with van der Waals surface area (Å²) in [5.41, 5.74) is -1.29. The fourth-order valence-corrected chi connectivity index (χ4v) is 1.87. The first-order valence-corrected chi connectivity index (χ1v) is 5.58. The number of nitro groups is 3. The molecule has 0 amide bonds. The van der Waals surface area contributed by atoms with Crippen molar-refractivity contribution in [1.29, 1.82) is 0 Å². The molecule has 0 bridgehead atoms. The van der Waals surface area contributed by atoms with Gasteiger partial charge in [0, 0.05) is 18.2 Å². The average molecular weight is 289 g/mol. The minimum absolute atomic E-state index is 0.153. The first kappa shape index (κ1) is 14.1. The Balaban J connectivity index is 2.67. The number of hydrogen-bond donors (Lipinski definition) is 0. The van der Waals surface area contributed by atoms with E-state index in [0.29, 0.717) is 0 Å². The SMILES string of the molecule is O=[N+]([O-])c1ccccc1-c1ccc([N+](=O)[O-])c([N+](=O)[O-])c1. The molecule has 2 aromatic carbocycles. The van der Waals surface area contributed by atoms with E-state index in [1.165, 1.54) is 30.3 Å². The topological polar surface area (TPSA) is 129 Å². The molecule has 0 saturated heterocycles. The molecule has 0 radical (unpaired) electrons. The van der Waals surface area contributed by atoms with Crippen molar-refractivity contribution < 1.29 is 14.8 Å². The van der Waals surface area contributed by atoms with Gasteiger partial charge in [0.25, 0.3) is 5.69 Å². The maximum Gasteiger partial charge on any atom is 0.346 e. The third-order valence-corrected chi connectivity index (χ3v) is 2.78. The van der Waals surface area contributed by atoms with Crippen molar-refractivity contribution >= 4 is 17.1 Å². The van der Waals surface area contributed by atoms with E-state index in [1.807, 2.05) is 0 Å². The first-order chi connectivity index (χ1) is 9.91. The average Bonchev–Trinajstić information content (AvgIpc) is 2.46. The van der Waals surface area contributed by atoms with E-state index in [9.17, 15) is 30.3 Å². The van der Waals surface area contributed by atoms with Crippen LogP contribution in [0.5, 0.6) is 0 Å². The lowest BCUT2D eigenvalue weighted by molar-refractivity contribution is -0.422. The zero-order valence-electron chi connectivity index (χ0n) is 10.3. The minimum Gasteiger partial charge on any atom is -0.258 e. The number of rotatable bonds is 4. The summed E-state index contributed by atoms with van der Waals surface area (Å²) in [5.74, 6) is 0. The smallest absolute Gasteiger partial charge is 0.258 e. The molecule has 0 heterocycles. The molecule has 106 valence electrons. The highest BCUT2D eigenvalue weighted by atomic mass is 16.6. The molecule has 0 aromatic heterocycles. The summed E-state index contributed by atoms with van der Waals surface area (Å²) in [6.45, 7) is 0. The Morgan fingerprint density at radius 1 is 0.667 bits per heavy atom. The largest absolute Gasteiger partial charge is 0.346 e. The number of nitrogens with zero attached hydrogens (tertiary/aromatic N) is 3. The third-order valence-electron chi connectivity index (χ3n) is 2.78. The zero-order chi connectivity index (χ0) is 15.6. The highest BCUT2D eigenvalue weighted by molar-refractivity contribution is 5.77. The quantitative estimate of drug-likeness (QED) is 0.628. The van der Waals surface area contributed by atoms with Crippen LogP contribution in [0.4, 0.5) is 17.1 Å². The van der Waals surface area contributed by atoms with Crippen LogP contribution >= 0.6 is 0 Å². The van der Waals surface area contributed by atoms with Crippen LogP contribution in [0.2, 0.25) is 0 Å². The molecule has 0 saturated carbocycles. The van der Waals surface area contributed by atoms with Crippen molar-refractivity contribution in [2.24, 2.45) is 0 Å². The molecular weight excluding hydrogens is 282 g/mol. The second-order valence-electron chi connectivity index (χ2n) is 3.99. The highest BCUT2D eigenvalue weighted by Crippen LogP contribution is 2.35. The monoisotopic (exact) mass is 289 g/mol. The van der Waals surface area contributed by atoms with Gasteiger partial charge >= 0.3 is 11.4 Å². The van der Waals surface area contributed by atoms with Gasteiger partial charge in [-0.3, -0.25) is 30.3 Å². The fourth-order valence-electron chi connectivity index (χ4n) is 1.87. The Hall–Kier alpha value is -3.36. The lowest BCUT2D eigenvalue weighted by Crippen LogP contribution is -1.97. The van der Waals surface area contributed by atoms with E-state index in [-0.39, 0.29) is 16.8 Å². The second kappa shape index (κ2) is 5.33. The van der Waals surface area contributed by atoms with E-state index >= 15 is 0 Å². The van der Waals surface area contributed by atoms with Crippen molar-refractivity contribution in [2.45, 2.75) is 0 Å². The van der Waals surface area contributed by atoms with E-state index in [2.05, 4.69) is 0 Å². The molecule has 0 aliphatic heterocycles. The fraction of sp³-hybridized carbons (Fsp3) is 0. The lowest BCUT2D eigenvalue weighted by atomic mass is 10.0. The predicted molar refractivity (Wildman–Crippen MR) is 71.8 cm³/mol. The molecule has 0 atom stereocenters. The Morgan fingerprint density at radius 2 is 1.24 bits per heavy atom. The normalized spacial score (nSPS) is 10.1. The molecule has 9 heteroatoms. The summed E-state index contributed by atoms with van der Waals surface area (Å²) < 4.78 is 0. The summed E-state index contributed by atoms with van der Waals surface area (Å²) in [6, 6.07) is 8.83. The molecular formula is C12H7N3O6. The van der Waals surface area contributed by atoms with Gasteiger partial charge in [0.15, 0.2) is 0 Å². The Kier molecular flexibility index (Phi) is 3.57. The van der Waals surface area contributed by atoms with Crippen LogP contribution in [0.25, 0.3) is 11.1 Å². The maximum atomic E-state index is 11.0. The van der Waals surface area contributed by atoms with Gasteiger partial charge in [0.1, 0.15) is 0 Å². The van der Waals surface area contributed by atoms with Crippen LogP contribution in [-0.4, -0.2) is 14.8 Å². The van der Waals surface area contributed by atoms with Crippen LogP contribution < -0.4 is 0 Å². The van der Waals surface area contributed by atoms with E-state index in [1.54, 1.807) is 0 Å². The number of benzene rings is 2. The van der Waals surface area contributed by atoms with Crippen molar-refractivity contribution in [3.8, 4) is 11.1 Å². The molecule has 0 fully saturated rings. The molecule has 2 rings (SSSR count). The minimum atomic E-state index is -0.892. The van der Waals surface area contributed by atoms with Crippen molar-refractivity contribution in [2.75, 3.05) is 0 Å². The molecule has 21 heavy (non-hydrogen) atoms. The van der Waals surface area contributed by atoms with Gasteiger partial charge in [0.05, 0.1) is 20.3 Å². The van der Waals surface area contributed by atoms with Crippen LogP contribution in [-0.2, 0) is 0 Å².